The van der Waals surface area contributed by atoms with Crippen LogP contribution in [-0.2, 0) is 29.5 Å². The molecule has 0 bridgehead atoms. The molecule has 0 unspecified atom stereocenters. The number of nitrogens with zero attached hydrogens (tertiary/aromatic N) is 5. The van der Waals surface area contributed by atoms with Gasteiger partial charge in [0.2, 0.25) is 10.0 Å². The van der Waals surface area contributed by atoms with Crippen molar-refractivity contribution in [3.8, 4) is 11.3 Å². The van der Waals surface area contributed by atoms with Crippen LogP contribution in [0.1, 0.15) is 36.6 Å². The molecule has 1 fully saturated rings. The maximum absolute atomic E-state index is 13.6. The van der Waals surface area contributed by atoms with Crippen molar-refractivity contribution in [2.45, 2.75) is 44.8 Å². The van der Waals surface area contributed by atoms with E-state index in [4.69, 9.17) is 16.7 Å². The number of aromatic amines is 1. The van der Waals surface area contributed by atoms with Crippen LogP contribution in [0, 0.1) is 5.82 Å². The summed E-state index contributed by atoms with van der Waals surface area (Å²) in [5, 5.41) is 5.50. The molecule has 2 aliphatic rings. The van der Waals surface area contributed by atoms with Gasteiger partial charge in [0, 0.05) is 67.0 Å². The molecular weight excluding hydrogens is 555 g/mol. The normalized spacial score (nSPS) is 17.5. The van der Waals surface area contributed by atoms with Crippen molar-refractivity contribution >= 4 is 32.7 Å². The van der Waals surface area contributed by atoms with Crippen LogP contribution in [0.5, 0.6) is 0 Å². The monoisotopic (exact) mass is 586 g/mol. The highest BCUT2D eigenvalue weighted by molar-refractivity contribution is 7.88. The first-order valence-corrected chi connectivity index (χ1v) is 15.8. The van der Waals surface area contributed by atoms with E-state index in [9.17, 15) is 17.6 Å². The number of benzene rings is 2. The second-order valence-electron chi connectivity index (χ2n) is 10.7. The lowest BCUT2D eigenvalue weighted by molar-refractivity contribution is 0.182. The summed E-state index contributed by atoms with van der Waals surface area (Å²) < 4.78 is 43.4. The Morgan fingerprint density at radius 3 is 2.55 bits per heavy atom. The largest absolute Gasteiger partial charge is 0.326 e. The van der Waals surface area contributed by atoms with E-state index in [0.717, 1.165) is 66.8 Å². The lowest BCUT2D eigenvalue weighted by atomic mass is 10.0. The smallest absolute Gasteiger partial charge is 0.306 e. The number of aryl methyl sites for hydroxylation is 1. The summed E-state index contributed by atoms with van der Waals surface area (Å²) in [6, 6.07) is 11.8. The van der Waals surface area contributed by atoms with E-state index in [1.54, 1.807) is 18.2 Å². The molecule has 40 heavy (non-hydrogen) atoms. The molecule has 0 spiro atoms. The molecule has 0 radical (unpaired) electrons. The number of imidazole rings is 1. The molecule has 0 amide bonds. The number of hydrogen-bond acceptors (Lipinski definition) is 5. The third kappa shape index (κ3) is 5.35. The molecule has 4 heterocycles. The number of likely N-dealkylation sites (tertiary alicyclic amines) is 1. The highest BCUT2D eigenvalue weighted by atomic mass is 35.5. The zero-order valence-electron chi connectivity index (χ0n) is 22.3. The van der Waals surface area contributed by atoms with Gasteiger partial charge in [-0.05, 0) is 68.3 Å². The molecule has 9 nitrogen and oxygen atoms in total. The highest BCUT2D eigenvalue weighted by Crippen LogP contribution is 2.32. The van der Waals surface area contributed by atoms with E-state index in [2.05, 4.69) is 9.88 Å². The molecule has 2 aliphatic heterocycles. The van der Waals surface area contributed by atoms with Gasteiger partial charge in [0.1, 0.15) is 5.82 Å². The first kappa shape index (κ1) is 27.2. The van der Waals surface area contributed by atoms with E-state index in [-0.39, 0.29) is 24.1 Å². The second kappa shape index (κ2) is 10.8. The maximum Gasteiger partial charge on any atom is 0.326 e. The fraction of sp³-hybridized carbons (Fsp3) is 0.429. The molecule has 4 aromatic rings. The molecular formula is C28H32ClFN6O3S. The molecule has 212 valence electrons. The third-order valence-corrected chi connectivity index (χ3v) is 9.62. The van der Waals surface area contributed by atoms with Crippen LogP contribution < -0.4 is 5.69 Å². The number of aromatic nitrogens is 4. The molecule has 0 saturated carbocycles. The Morgan fingerprint density at radius 1 is 1.07 bits per heavy atom. The van der Waals surface area contributed by atoms with Crippen LogP contribution in [0.2, 0.25) is 5.02 Å². The number of fused-ring (bicyclic) bond motifs is 2. The van der Waals surface area contributed by atoms with Gasteiger partial charge >= 0.3 is 5.69 Å². The van der Waals surface area contributed by atoms with E-state index >= 15 is 0 Å². The predicted molar refractivity (Wildman–Crippen MR) is 153 cm³/mol. The van der Waals surface area contributed by atoms with E-state index < -0.39 is 10.0 Å². The summed E-state index contributed by atoms with van der Waals surface area (Å²) in [6.07, 6.45) is 4.47. The molecule has 12 heteroatoms. The van der Waals surface area contributed by atoms with E-state index in [0.29, 0.717) is 30.2 Å². The number of hydrogen-bond donors (Lipinski definition) is 1. The summed E-state index contributed by atoms with van der Waals surface area (Å²) in [5.74, 6) is -0.322. The average Bonchev–Trinajstić information content (AvgIpc) is 3.45. The quantitative estimate of drug-likeness (QED) is 0.353. The van der Waals surface area contributed by atoms with Crippen molar-refractivity contribution < 1.29 is 12.8 Å². The van der Waals surface area contributed by atoms with Gasteiger partial charge in [0.15, 0.2) is 0 Å². The Labute approximate surface area is 237 Å². The van der Waals surface area contributed by atoms with Gasteiger partial charge in [0.05, 0.1) is 23.0 Å². The molecule has 1 N–H and O–H groups in total. The number of sulfonamides is 1. The van der Waals surface area contributed by atoms with Crippen molar-refractivity contribution in [2.75, 3.05) is 32.4 Å². The summed E-state index contributed by atoms with van der Waals surface area (Å²) in [6.45, 7) is 4.09. The number of rotatable bonds is 7. The van der Waals surface area contributed by atoms with Gasteiger partial charge in [-0.2, -0.15) is 9.40 Å². The van der Waals surface area contributed by atoms with Crippen LogP contribution in [0.15, 0.2) is 47.3 Å². The van der Waals surface area contributed by atoms with E-state index in [1.807, 2.05) is 21.4 Å². The van der Waals surface area contributed by atoms with E-state index in [1.165, 1.54) is 22.7 Å². The lowest BCUT2D eigenvalue weighted by Crippen LogP contribution is -2.38. The van der Waals surface area contributed by atoms with Crippen LogP contribution in [0.4, 0.5) is 4.39 Å². The molecule has 2 aromatic heterocycles. The molecule has 6 rings (SSSR count). The highest BCUT2D eigenvalue weighted by Gasteiger charge is 2.30. The Hall–Kier alpha value is -2.99. The van der Waals surface area contributed by atoms with Crippen LogP contribution in [0.25, 0.3) is 22.3 Å². The first-order valence-electron chi connectivity index (χ1n) is 13.6. The van der Waals surface area contributed by atoms with Gasteiger partial charge < -0.3 is 9.88 Å². The molecule has 1 saturated heterocycles. The minimum absolute atomic E-state index is 0.0921. The van der Waals surface area contributed by atoms with Crippen LogP contribution in [-0.4, -0.2) is 69.4 Å². The summed E-state index contributed by atoms with van der Waals surface area (Å²) in [7, 11) is -3.33. The van der Waals surface area contributed by atoms with Crippen molar-refractivity contribution in [3.05, 3.63) is 75.0 Å². The minimum atomic E-state index is -3.33. The van der Waals surface area contributed by atoms with Crippen molar-refractivity contribution in [3.63, 3.8) is 0 Å². The van der Waals surface area contributed by atoms with Crippen molar-refractivity contribution in [1.82, 2.24) is 28.5 Å². The second-order valence-corrected chi connectivity index (χ2v) is 13.2. The number of H-pyrrole nitrogens is 1. The lowest BCUT2D eigenvalue weighted by Gasteiger charge is -2.32. The number of nitrogens with one attached hydrogen (secondary N) is 1. The van der Waals surface area contributed by atoms with Gasteiger partial charge in [-0.3, -0.25) is 9.25 Å². The summed E-state index contributed by atoms with van der Waals surface area (Å²) >= 11 is 6.19. The number of piperidine rings is 1. The van der Waals surface area contributed by atoms with Crippen LogP contribution >= 0.6 is 11.6 Å². The van der Waals surface area contributed by atoms with Gasteiger partial charge in [0.25, 0.3) is 0 Å². The standard InChI is InChI=1S/C28H32ClFN6O3S/c1-40(38,39)34-16-11-25-23(18-34)27(19-3-6-21(30)7-4-19)32-35(25)13-2-12-33-14-9-22(10-15-33)36-26-17-20(29)5-8-24(26)31-28(36)37/h3-8,17,22H,2,9-16,18H2,1H3,(H,31,37). The summed E-state index contributed by atoms with van der Waals surface area (Å²) in [5.41, 5.74) is 5.01. The zero-order chi connectivity index (χ0) is 28.0. The van der Waals surface area contributed by atoms with Gasteiger partial charge in [-0.15, -0.1) is 0 Å². The predicted octanol–water partition coefficient (Wildman–Crippen LogP) is 4.03. The summed E-state index contributed by atoms with van der Waals surface area (Å²) in [4.78, 5) is 18.0. The minimum Gasteiger partial charge on any atom is -0.306 e. The van der Waals surface area contributed by atoms with Crippen molar-refractivity contribution in [1.29, 1.82) is 0 Å². The Morgan fingerprint density at radius 2 is 1.82 bits per heavy atom. The Balaban J connectivity index is 1.13. The first-order chi connectivity index (χ1) is 19.2. The maximum atomic E-state index is 13.6. The fourth-order valence-electron chi connectivity index (χ4n) is 6.08. The molecule has 0 atom stereocenters. The fourth-order valence-corrected chi connectivity index (χ4v) is 7.03. The van der Waals surface area contributed by atoms with Crippen molar-refractivity contribution in [2.24, 2.45) is 0 Å². The Kier molecular flexibility index (Phi) is 7.32. The molecule has 2 aromatic carbocycles. The SMILES string of the molecule is CS(=O)(=O)N1CCc2c(c(-c3ccc(F)cc3)nn2CCCN2CCC(n3c(=O)[nH]c4ccc(Cl)cc43)CC2)C1. The average molecular weight is 587 g/mol. The van der Waals surface area contributed by atoms with Gasteiger partial charge in [-0.25, -0.2) is 17.6 Å². The molecule has 0 aliphatic carbocycles. The van der Waals surface area contributed by atoms with Gasteiger partial charge in [-0.1, -0.05) is 11.6 Å². The Bertz CT molecular complexity index is 1700. The third-order valence-electron chi connectivity index (χ3n) is 8.13. The zero-order valence-corrected chi connectivity index (χ0v) is 23.9. The number of halogens is 2. The topological polar surface area (TPSA) is 96.2 Å². The van der Waals surface area contributed by atoms with Crippen LogP contribution in [0.3, 0.4) is 0 Å².